The third kappa shape index (κ3) is 4.28. The number of pyridine rings is 1. The first kappa shape index (κ1) is 21.5. The Kier molecular flexibility index (Phi) is 5.10. The minimum Gasteiger partial charge on any atom is -0.454 e. The summed E-state index contributed by atoms with van der Waals surface area (Å²) in [5.41, 5.74) is 4.07. The number of anilines is 1. The van der Waals surface area contributed by atoms with E-state index in [9.17, 15) is 13.6 Å². The van der Waals surface area contributed by atoms with Crippen molar-refractivity contribution in [1.82, 2.24) is 20.1 Å². The van der Waals surface area contributed by atoms with Gasteiger partial charge in [-0.05, 0) is 41.5 Å². The molecule has 2 aromatic carbocycles. The standard InChI is InChI=1S/C25H21F2N5O3/c26-25(27)5-6-32(13-25)12-15-7-17(11-28-10-15)16-1-3-20-19(8-16)23(31-30-20)24(33)29-18-2-4-21-22(9-18)35-14-34-21/h1-4,7-11H,5-6,12-14H2,(H,29,33)(H,30,31). The Morgan fingerprint density at radius 1 is 1.09 bits per heavy atom. The van der Waals surface area contributed by atoms with Gasteiger partial charge in [-0.1, -0.05) is 6.07 Å². The highest BCUT2D eigenvalue weighted by Gasteiger charge is 2.37. The molecular weight excluding hydrogens is 456 g/mol. The highest BCUT2D eigenvalue weighted by Crippen LogP contribution is 2.35. The number of aromatic amines is 1. The van der Waals surface area contributed by atoms with E-state index in [2.05, 4.69) is 20.5 Å². The molecule has 10 heteroatoms. The minimum absolute atomic E-state index is 0.117. The maximum absolute atomic E-state index is 13.5. The topological polar surface area (TPSA) is 92.4 Å². The number of nitrogens with zero attached hydrogens (tertiary/aromatic N) is 3. The van der Waals surface area contributed by atoms with Gasteiger partial charge in [0.1, 0.15) is 0 Å². The maximum atomic E-state index is 13.5. The molecule has 0 radical (unpaired) electrons. The van der Waals surface area contributed by atoms with E-state index >= 15 is 0 Å². The summed E-state index contributed by atoms with van der Waals surface area (Å²) in [6.45, 7) is 0.688. The van der Waals surface area contributed by atoms with Gasteiger partial charge >= 0.3 is 0 Å². The molecule has 0 spiro atoms. The second-order valence-electron chi connectivity index (χ2n) is 8.75. The largest absolute Gasteiger partial charge is 0.454 e. The Hall–Kier alpha value is -4.05. The van der Waals surface area contributed by atoms with Crippen molar-refractivity contribution in [2.75, 3.05) is 25.2 Å². The summed E-state index contributed by atoms with van der Waals surface area (Å²) < 4.78 is 37.8. The Labute approximate surface area is 198 Å². The van der Waals surface area contributed by atoms with Gasteiger partial charge in [0.2, 0.25) is 6.79 Å². The highest BCUT2D eigenvalue weighted by atomic mass is 19.3. The first-order chi connectivity index (χ1) is 16.9. The molecule has 2 aromatic heterocycles. The zero-order valence-electron chi connectivity index (χ0n) is 18.6. The first-order valence-electron chi connectivity index (χ1n) is 11.2. The van der Waals surface area contributed by atoms with E-state index in [1.54, 1.807) is 35.5 Å². The average molecular weight is 477 g/mol. The number of hydrogen-bond donors (Lipinski definition) is 2. The smallest absolute Gasteiger partial charge is 0.276 e. The lowest BCUT2D eigenvalue weighted by atomic mass is 10.0. The van der Waals surface area contributed by atoms with Crippen LogP contribution in [0.5, 0.6) is 11.5 Å². The van der Waals surface area contributed by atoms with Crippen LogP contribution in [-0.4, -0.2) is 51.8 Å². The third-order valence-electron chi connectivity index (χ3n) is 6.19. The molecule has 1 amide bonds. The number of aromatic nitrogens is 3. The van der Waals surface area contributed by atoms with Gasteiger partial charge in [-0.3, -0.25) is 19.8 Å². The number of halogens is 2. The number of benzene rings is 2. The van der Waals surface area contributed by atoms with Gasteiger partial charge in [-0.15, -0.1) is 0 Å². The van der Waals surface area contributed by atoms with Crippen molar-refractivity contribution in [3.05, 3.63) is 66.1 Å². The van der Waals surface area contributed by atoms with Crippen LogP contribution in [0.3, 0.4) is 0 Å². The van der Waals surface area contributed by atoms with Gasteiger partial charge in [-0.25, -0.2) is 8.78 Å². The molecule has 0 saturated carbocycles. The summed E-state index contributed by atoms with van der Waals surface area (Å²) in [5.74, 6) is -1.79. The number of amides is 1. The number of alkyl halides is 2. The summed E-state index contributed by atoms with van der Waals surface area (Å²) in [6.07, 6.45) is 3.30. The number of rotatable bonds is 5. The molecule has 178 valence electrons. The Morgan fingerprint density at radius 3 is 2.83 bits per heavy atom. The van der Waals surface area contributed by atoms with Crippen molar-refractivity contribution in [1.29, 1.82) is 0 Å². The number of carbonyl (C=O) groups is 1. The molecule has 0 atom stereocenters. The SMILES string of the molecule is O=C(Nc1ccc2c(c1)OCO2)c1n[nH]c2ccc(-c3cncc(CN4CCC(F)(F)C4)c3)cc12. The molecule has 2 aliphatic rings. The fourth-order valence-electron chi connectivity index (χ4n) is 4.46. The van der Waals surface area contributed by atoms with Crippen LogP contribution in [0.4, 0.5) is 14.5 Å². The van der Waals surface area contributed by atoms with E-state index in [4.69, 9.17) is 9.47 Å². The summed E-state index contributed by atoms with van der Waals surface area (Å²) in [7, 11) is 0. The number of ether oxygens (including phenoxy) is 2. The predicted octanol–water partition coefficient (Wildman–Crippen LogP) is 4.45. The molecule has 8 nitrogen and oxygen atoms in total. The van der Waals surface area contributed by atoms with Crippen molar-refractivity contribution >= 4 is 22.5 Å². The van der Waals surface area contributed by atoms with E-state index in [0.717, 1.165) is 16.7 Å². The molecule has 4 heterocycles. The highest BCUT2D eigenvalue weighted by molar-refractivity contribution is 6.11. The van der Waals surface area contributed by atoms with E-state index in [1.165, 1.54) is 0 Å². The van der Waals surface area contributed by atoms with Crippen LogP contribution < -0.4 is 14.8 Å². The van der Waals surface area contributed by atoms with E-state index in [0.29, 0.717) is 41.2 Å². The Bertz CT molecular complexity index is 1440. The normalized spacial score (nSPS) is 16.6. The fraction of sp³-hybridized carbons (Fsp3) is 0.240. The van der Waals surface area contributed by atoms with Gasteiger partial charge in [-0.2, -0.15) is 5.10 Å². The van der Waals surface area contributed by atoms with Gasteiger partial charge < -0.3 is 14.8 Å². The second-order valence-corrected chi connectivity index (χ2v) is 8.75. The van der Waals surface area contributed by atoms with Gasteiger partial charge in [0, 0.05) is 54.6 Å². The van der Waals surface area contributed by atoms with Crippen LogP contribution in [-0.2, 0) is 6.54 Å². The molecule has 4 aromatic rings. The van der Waals surface area contributed by atoms with Crippen molar-refractivity contribution in [2.24, 2.45) is 0 Å². The number of hydrogen-bond acceptors (Lipinski definition) is 6. The van der Waals surface area contributed by atoms with Crippen LogP contribution >= 0.6 is 0 Å². The van der Waals surface area contributed by atoms with Crippen LogP contribution in [0.2, 0.25) is 0 Å². The van der Waals surface area contributed by atoms with Crippen molar-refractivity contribution in [3.8, 4) is 22.6 Å². The second kappa shape index (κ2) is 8.31. The van der Waals surface area contributed by atoms with Crippen molar-refractivity contribution in [3.63, 3.8) is 0 Å². The zero-order valence-corrected chi connectivity index (χ0v) is 18.6. The number of carbonyl (C=O) groups excluding carboxylic acids is 1. The molecule has 35 heavy (non-hydrogen) atoms. The van der Waals surface area contributed by atoms with E-state index in [-0.39, 0.29) is 31.4 Å². The molecule has 0 aliphatic carbocycles. The van der Waals surface area contributed by atoms with Crippen molar-refractivity contribution < 1.29 is 23.0 Å². The monoisotopic (exact) mass is 477 g/mol. The summed E-state index contributed by atoms with van der Waals surface area (Å²) >= 11 is 0. The van der Waals surface area contributed by atoms with E-state index < -0.39 is 5.92 Å². The lowest BCUT2D eigenvalue weighted by molar-refractivity contribution is 0.0115. The van der Waals surface area contributed by atoms with E-state index in [1.807, 2.05) is 24.3 Å². The molecule has 1 fully saturated rings. The fourth-order valence-corrected chi connectivity index (χ4v) is 4.46. The number of nitrogens with one attached hydrogen (secondary N) is 2. The number of likely N-dealkylation sites (tertiary alicyclic amines) is 1. The summed E-state index contributed by atoms with van der Waals surface area (Å²) in [5, 5.41) is 10.6. The molecule has 0 bridgehead atoms. The maximum Gasteiger partial charge on any atom is 0.276 e. The van der Waals surface area contributed by atoms with Gasteiger partial charge in [0.25, 0.3) is 11.8 Å². The molecule has 2 N–H and O–H groups in total. The Balaban J connectivity index is 1.24. The van der Waals surface area contributed by atoms with Crippen LogP contribution in [0.25, 0.3) is 22.0 Å². The Morgan fingerprint density at radius 2 is 1.97 bits per heavy atom. The van der Waals surface area contributed by atoms with Crippen molar-refractivity contribution in [2.45, 2.75) is 18.9 Å². The van der Waals surface area contributed by atoms with Crippen LogP contribution in [0.15, 0.2) is 54.9 Å². The molecule has 6 rings (SSSR count). The molecular formula is C25H21F2N5O3. The lowest BCUT2D eigenvalue weighted by Crippen LogP contribution is -2.24. The van der Waals surface area contributed by atoms with Crippen LogP contribution in [0, 0.1) is 0 Å². The predicted molar refractivity (Wildman–Crippen MR) is 125 cm³/mol. The molecule has 0 unspecified atom stereocenters. The molecule has 1 saturated heterocycles. The lowest BCUT2D eigenvalue weighted by Gasteiger charge is -2.15. The van der Waals surface area contributed by atoms with Gasteiger partial charge in [0.05, 0.1) is 12.1 Å². The number of fused-ring (bicyclic) bond motifs is 2. The molecule has 2 aliphatic heterocycles. The zero-order chi connectivity index (χ0) is 24.0. The minimum atomic E-state index is -2.63. The quantitative estimate of drug-likeness (QED) is 0.441. The first-order valence-corrected chi connectivity index (χ1v) is 11.2. The summed E-state index contributed by atoms with van der Waals surface area (Å²) in [6, 6.07) is 12.7. The summed E-state index contributed by atoms with van der Waals surface area (Å²) in [4.78, 5) is 19.0. The number of H-pyrrole nitrogens is 1. The average Bonchev–Trinajstić information content (AvgIpc) is 3.56. The van der Waals surface area contributed by atoms with Crippen LogP contribution in [0.1, 0.15) is 22.5 Å². The third-order valence-corrected chi connectivity index (χ3v) is 6.19. The van der Waals surface area contributed by atoms with Gasteiger partial charge in [0.15, 0.2) is 17.2 Å².